The molecule has 0 aliphatic carbocycles. The maximum absolute atomic E-state index is 8.93. The summed E-state index contributed by atoms with van der Waals surface area (Å²) in [7, 11) is 0. The fourth-order valence-corrected chi connectivity index (χ4v) is 0. The molecule has 0 radical (unpaired) electrons. The minimum atomic E-state index is 0. The molecule has 0 unspecified atom stereocenters. The van der Waals surface area contributed by atoms with E-state index in [9.17, 15) is 0 Å². The predicted molar refractivity (Wildman–Crippen MR) is 27.9 cm³/mol. The quantitative estimate of drug-likeness (QED) is 0.386. The van der Waals surface area contributed by atoms with Gasteiger partial charge in [0.15, 0.2) is 0 Å². The van der Waals surface area contributed by atoms with Crippen LogP contribution in [0.3, 0.4) is 0 Å². The second-order valence-electron chi connectivity index (χ2n) is 0.289. The minimum absolute atomic E-state index is 0. The van der Waals surface area contributed by atoms with Crippen molar-refractivity contribution >= 4 is 37.7 Å². The summed E-state index contributed by atoms with van der Waals surface area (Å²) in [4.78, 5) is 0. The molecule has 0 aromatic heterocycles. The van der Waals surface area contributed by atoms with Gasteiger partial charge in [-0.25, -0.2) is 0 Å². The van der Waals surface area contributed by atoms with Crippen molar-refractivity contribution in [2.45, 2.75) is 6.92 Å². The first-order valence-corrected chi connectivity index (χ1v) is 0.996. The second-order valence-corrected chi connectivity index (χ2v) is 0.289. The van der Waals surface area contributed by atoms with Crippen molar-refractivity contribution in [1.82, 2.24) is 0 Å². The topological polar surface area (TPSA) is 203 Å². The maximum atomic E-state index is 8.93. The first-order valence-electron chi connectivity index (χ1n) is 0.996. The van der Waals surface area contributed by atoms with Gasteiger partial charge in [0.1, 0.15) is 0 Å². The SMILES string of the molecule is CC[O-].[Ca+2].[OH-].[OH-].[OH-].[OH-].[OH-].[OH-]. The van der Waals surface area contributed by atoms with Gasteiger partial charge >= 0.3 is 37.7 Å². The Morgan fingerprint density at radius 3 is 0.800 bits per heavy atom. The molecule has 0 saturated heterocycles. The smallest absolute Gasteiger partial charge is 0.870 e. The summed E-state index contributed by atoms with van der Waals surface area (Å²) < 4.78 is 0. The number of hydrogen-bond acceptors (Lipinski definition) is 7. The fourth-order valence-electron chi connectivity index (χ4n) is 0. The Labute approximate surface area is 88.9 Å². The minimum Gasteiger partial charge on any atom is -0.870 e. The van der Waals surface area contributed by atoms with E-state index in [1.54, 1.807) is 6.92 Å². The van der Waals surface area contributed by atoms with E-state index in [-0.39, 0.29) is 77.2 Å². The van der Waals surface area contributed by atoms with E-state index in [2.05, 4.69) is 0 Å². The Morgan fingerprint density at radius 1 is 0.800 bits per heavy atom. The van der Waals surface area contributed by atoms with Crippen LogP contribution < -0.4 is 5.11 Å². The van der Waals surface area contributed by atoms with Crippen LogP contribution >= 0.6 is 0 Å². The van der Waals surface area contributed by atoms with Crippen molar-refractivity contribution in [3.8, 4) is 0 Å². The zero-order valence-corrected chi connectivity index (χ0v) is 7.71. The van der Waals surface area contributed by atoms with Gasteiger partial charge in [-0.1, -0.05) is 6.92 Å². The van der Waals surface area contributed by atoms with E-state index in [1.165, 1.54) is 0 Å². The summed E-state index contributed by atoms with van der Waals surface area (Å²) in [6, 6.07) is 0. The van der Waals surface area contributed by atoms with Crippen LogP contribution in [0.25, 0.3) is 0 Å². The van der Waals surface area contributed by atoms with Crippen LogP contribution in [-0.4, -0.2) is 77.2 Å². The Kier molecular flexibility index (Phi) is 2530. The molecule has 0 aromatic rings. The summed E-state index contributed by atoms with van der Waals surface area (Å²) in [5.74, 6) is 0. The molecular weight excluding hydrogens is 176 g/mol. The molecule has 0 saturated carbocycles. The van der Waals surface area contributed by atoms with E-state index in [4.69, 9.17) is 5.11 Å². The van der Waals surface area contributed by atoms with Gasteiger partial charge in [0, 0.05) is 0 Å². The van der Waals surface area contributed by atoms with Crippen LogP contribution in [-0.2, 0) is 0 Å². The molecule has 68 valence electrons. The molecule has 0 fully saturated rings. The van der Waals surface area contributed by atoms with Crippen molar-refractivity contribution in [3.63, 3.8) is 0 Å². The van der Waals surface area contributed by atoms with Crippen molar-refractivity contribution in [2.75, 3.05) is 6.61 Å². The van der Waals surface area contributed by atoms with Crippen LogP contribution in [0.15, 0.2) is 0 Å². The summed E-state index contributed by atoms with van der Waals surface area (Å²) in [6.45, 7) is 1.57. The predicted octanol–water partition coefficient (Wildman–Crippen LogP) is -2.07. The van der Waals surface area contributed by atoms with Gasteiger partial charge in [0.25, 0.3) is 0 Å². The second kappa shape index (κ2) is 205. The van der Waals surface area contributed by atoms with Gasteiger partial charge in [0.2, 0.25) is 0 Å². The zero-order valence-electron chi connectivity index (χ0n) is 5.51. The molecule has 8 heteroatoms. The summed E-state index contributed by atoms with van der Waals surface area (Å²) >= 11 is 0. The van der Waals surface area contributed by atoms with Crippen LogP contribution in [0, 0.1) is 0 Å². The zero-order chi connectivity index (χ0) is 2.71. The average Bonchev–Trinajstić information content (AvgIpc) is 0.918. The third kappa shape index (κ3) is 596. The van der Waals surface area contributed by atoms with Gasteiger partial charge in [-0.2, -0.15) is 0 Å². The molecule has 7 nitrogen and oxygen atoms in total. The first kappa shape index (κ1) is 123. The van der Waals surface area contributed by atoms with Gasteiger partial charge < -0.3 is 38.0 Å². The van der Waals surface area contributed by atoms with E-state index < -0.39 is 0 Å². The monoisotopic (exact) mass is 187 g/mol. The normalized spacial score (nSPS) is 1.80. The molecule has 0 heterocycles. The summed E-state index contributed by atoms with van der Waals surface area (Å²) in [5, 5.41) is 8.93. The van der Waals surface area contributed by atoms with Crippen molar-refractivity contribution in [1.29, 1.82) is 0 Å². The molecule has 6 N–H and O–H groups in total. The standard InChI is InChI=1S/C2H5O.Ca.6H2O/c1-2-3;;;;;;;/h2H2,1H3;;6*1H2/q-1;+2;;;;;;/p-6. The van der Waals surface area contributed by atoms with E-state index in [1.807, 2.05) is 0 Å². The van der Waals surface area contributed by atoms with Crippen LogP contribution in [0.1, 0.15) is 6.92 Å². The van der Waals surface area contributed by atoms with Crippen molar-refractivity contribution in [3.05, 3.63) is 0 Å². The molecule has 0 rings (SSSR count). The van der Waals surface area contributed by atoms with Crippen molar-refractivity contribution < 1.29 is 38.0 Å². The largest absolute Gasteiger partial charge is 2.00 e. The van der Waals surface area contributed by atoms with Crippen molar-refractivity contribution in [2.24, 2.45) is 0 Å². The third-order valence-electron chi connectivity index (χ3n) is 0. The molecule has 0 atom stereocenters. The van der Waals surface area contributed by atoms with Crippen LogP contribution in [0.5, 0.6) is 0 Å². The van der Waals surface area contributed by atoms with E-state index in [0.29, 0.717) is 0 Å². The van der Waals surface area contributed by atoms with Crippen LogP contribution in [0.2, 0.25) is 0 Å². The van der Waals surface area contributed by atoms with Crippen LogP contribution in [0.4, 0.5) is 0 Å². The fraction of sp³-hybridized carbons (Fsp3) is 1.00. The Hall–Kier alpha value is 0.980. The Morgan fingerprint density at radius 2 is 0.800 bits per heavy atom. The number of rotatable bonds is 0. The van der Waals surface area contributed by atoms with Gasteiger partial charge in [-0.05, 0) is 0 Å². The van der Waals surface area contributed by atoms with E-state index in [0.717, 1.165) is 0 Å². The molecule has 0 aliphatic heterocycles. The molecule has 0 aliphatic rings. The summed E-state index contributed by atoms with van der Waals surface area (Å²) in [5.41, 5.74) is 0. The molecule has 10 heavy (non-hydrogen) atoms. The molecule has 0 bridgehead atoms. The maximum Gasteiger partial charge on any atom is 2.00 e. The third-order valence-corrected chi connectivity index (χ3v) is 0. The van der Waals surface area contributed by atoms with E-state index >= 15 is 0 Å². The summed E-state index contributed by atoms with van der Waals surface area (Å²) in [6.07, 6.45) is 0. The Balaban J connectivity index is -0.000000000952. The van der Waals surface area contributed by atoms with Gasteiger partial charge in [0.05, 0.1) is 0 Å². The molecule has 0 aromatic carbocycles. The molecule has 0 spiro atoms. The Bertz CT molecular complexity index is 11.6. The van der Waals surface area contributed by atoms with Gasteiger partial charge in [-0.15, -0.1) is 6.61 Å². The number of hydrogen-bond donors (Lipinski definition) is 0. The first-order chi connectivity index (χ1) is 1.41. The molecule has 0 amide bonds. The average molecular weight is 187 g/mol. The van der Waals surface area contributed by atoms with Gasteiger partial charge in [-0.3, -0.25) is 0 Å². The molecular formula is C2H11CaO7-5.